The minimum absolute atomic E-state index is 0.607. The molecule has 1 heterocycles. The summed E-state index contributed by atoms with van der Waals surface area (Å²) in [5, 5.41) is 0. The molecule has 5 nitrogen and oxygen atoms in total. The molecule has 1 aromatic heterocycles. The standard InChI is InChI=1S/C23H21N3O2S/c1-13-4-6-16(7-5-13)18-9-8-17(10-14(18)2)26-29-21-12-20-19(11-15(21)3)24-22(27)23(28)25-20/h4-12,26H,1-3H3,(H,24,27)(H,25,28). The molecule has 146 valence electrons. The zero-order valence-electron chi connectivity index (χ0n) is 16.4. The Bertz CT molecular complexity index is 1320. The second kappa shape index (κ2) is 7.64. The van der Waals surface area contributed by atoms with Gasteiger partial charge in [0, 0.05) is 10.6 Å². The summed E-state index contributed by atoms with van der Waals surface area (Å²) in [6, 6.07) is 18.6. The van der Waals surface area contributed by atoms with Crippen molar-refractivity contribution in [1.29, 1.82) is 0 Å². The lowest BCUT2D eigenvalue weighted by molar-refractivity contribution is 1.13. The molecule has 0 amide bonds. The summed E-state index contributed by atoms with van der Waals surface area (Å²) in [6.45, 7) is 6.16. The van der Waals surface area contributed by atoms with Crippen LogP contribution >= 0.6 is 11.9 Å². The van der Waals surface area contributed by atoms with Crippen molar-refractivity contribution < 1.29 is 0 Å². The van der Waals surface area contributed by atoms with Gasteiger partial charge < -0.3 is 14.7 Å². The first kappa shape index (κ1) is 19.1. The number of rotatable bonds is 4. The lowest BCUT2D eigenvalue weighted by Crippen LogP contribution is -2.28. The third-order valence-electron chi connectivity index (χ3n) is 4.89. The second-order valence-electron chi connectivity index (χ2n) is 7.17. The van der Waals surface area contributed by atoms with E-state index in [4.69, 9.17) is 0 Å². The molecular weight excluding hydrogens is 382 g/mol. The predicted molar refractivity (Wildman–Crippen MR) is 121 cm³/mol. The molecule has 0 spiro atoms. The summed E-state index contributed by atoms with van der Waals surface area (Å²) >= 11 is 1.47. The Morgan fingerprint density at radius 2 is 1.41 bits per heavy atom. The van der Waals surface area contributed by atoms with Crippen molar-refractivity contribution in [3.8, 4) is 11.1 Å². The number of H-pyrrole nitrogens is 2. The second-order valence-corrected chi connectivity index (χ2v) is 8.02. The Kier molecular flexibility index (Phi) is 5.03. The molecule has 0 aliphatic carbocycles. The Balaban J connectivity index is 1.57. The van der Waals surface area contributed by atoms with Gasteiger partial charge >= 0.3 is 11.1 Å². The van der Waals surface area contributed by atoms with Crippen molar-refractivity contribution in [3.05, 3.63) is 92.0 Å². The number of anilines is 1. The molecule has 0 radical (unpaired) electrons. The van der Waals surface area contributed by atoms with Crippen LogP contribution in [0.5, 0.6) is 0 Å². The van der Waals surface area contributed by atoms with Crippen LogP contribution in [-0.4, -0.2) is 9.97 Å². The molecule has 4 rings (SSSR count). The van der Waals surface area contributed by atoms with Gasteiger partial charge in [0.05, 0.1) is 11.0 Å². The molecule has 6 heteroatoms. The van der Waals surface area contributed by atoms with Crippen molar-refractivity contribution in [2.45, 2.75) is 25.7 Å². The molecule has 0 fully saturated rings. The summed E-state index contributed by atoms with van der Waals surface area (Å²) in [5.74, 6) is 0. The molecular formula is C23H21N3O2S. The SMILES string of the molecule is Cc1ccc(-c2ccc(NSc3cc4[nH]c(=O)c(=O)[nH]c4cc3C)cc2C)cc1. The predicted octanol–water partition coefficient (Wildman–Crippen LogP) is 4.93. The van der Waals surface area contributed by atoms with Crippen LogP contribution < -0.4 is 15.8 Å². The first-order valence-electron chi connectivity index (χ1n) is 9.28. The van der Waals surface area contributed by atoms with Gasteiger partial charge in [0.2, 0.25) is 0 Å². The summed E-state index contributed by atoms with van der Waals surface area (Å²) in [5.41, 5.74) is 6.80. The smallest absolute Gasteiger partial charge is 0.314 e. The van der Waals surface area contributed by atoms with Gasteiger partial charge in [0.15, 0.2) is 0 Å². The van der Waals surface area contributed by atoms with Crippen molar-refractivity contribution in [2.75, 3.05) is 4.72 Å². The third-order valence-corrected chi connectivity index (χ3v) is 5.88. The van der Waals surface area contributed by atoms with E-state index in [1.807, 2.05) is 19.1 Å². The normalized spacial score (nSPS) is 11.0. The Hall–Kier alpha value is -3.25. The summed E-state index contributed by atoms with van der Waals surface area (Å²) in [7, 11) is 0. The number of hydrogen-bond donors (Lipinski definition) is 3. The number of aromatic amines is 2. The quantitative estimate of drug-likeness (QED) is 0.334. The molecule has 3 N–H and O–H groups in total. The zero-order chi connectivity index (χ0) is 20.5. The average Bonchev–Trinajstić information content (AvgIpc) is 2.69. The number of hydrogen-bond acceptors (Lipinski definition) is 4. The van der Waals surface area contributed by atoms with Crippen LogP contribution in [0.1, 0.15) is 16.7 Å². The number of aromatic nitrogens is 2. The lowest BCUT2D eigenvalue weighted by atomic mass is 9.99. The van der Waals surface area contributed by atoms with Crippen LogP contribution in [0.25, 0.3) is 22.2 Å². The zero-order valence-corrected chi connectivity index (χ0v) is 17.2. The van der Waals surface area contributed by atoms with E-state index >= 15 is 0 Å². The number of benzene rings is 3. The number of nitrogens with one attached hydrogen (secondary N) is 3. The highest BCUT2D eigenvalue weighted by Gasteiger charge is 2.07. The van der Waals surface area contributed by atoms with Gasteiger partial charge in [-0.05, 0) is 79.2 Å². The summed E-state index contributed by atoms with van der Waals surface area (Å²) in [6.07, 6.45) is 0. The van der Waals surface area contributed by atoms with E-state index in [9.17, 15) is 9.59 Å². The van der Waals surface area contributed by atoms with E-state index in [2.05, 4.69) is 71.0 Å². The molecule has 0 aliphatic heterocycles. The van der Waals surface area contributed by atoms with Gasteiger partial charge in [0.1, 0.15) is 0 Å². The lowest BCUT2D eigenvalue weighted by Gasteiger charge is -2.12. The van der Waals surface area contributed by atoms with Crippen LogP contribution in [0.3, 0.4) is 0 Å². The molecule has 3 aromatic carbocycles. The van der Waals surface area contributed by atoms with Crippen LogP contribution in [0, 0.1) is 20.8 Å². The van der Waals surface area contributed by atoms with E-state index in [-0.39, 0.29) is 0 Å². The fourth-order valence-corrected chi connectivity index (χ4v) is 4.01. The van der Waals surface area contributed by atoms with Crippen molar-refractivity contribution in [1.82, 2.24) is 9.97 Å². The maximum absolute atomic E-state index is 11.6. The van der Waals surface area contributed by atoms with Crippen LogP contribution in [-0.2, 0) is 0 Å². The topological polar surface area (TPSA) is 77.8 Å². The van der Waals surface area contributed by atoms with Gasteiger partial charge in [-0.15, -0.1) is 0 Å². The van der Waals surface area contributed by atoms with Gasteiger partial charge in [-0.3, -0.25) is 9.59 Å². The van der Waals surface area contributed by atoms with Crippen LogP contribution in [0.15, 0.2) is 69.1 Å². The minimum Gasteiger partial charge on any atom is -0.326 e. The van der Waals surface area contributed by atoms with E-state index in [1.54, 1.807) is 0 Å². The largest absolute Gasteiger partial charge is 0.326 e. The summed E-state index contributed by atoms with van der Waals surface area (Å²) < 4.78 is 3.37. The first-order valence-corrected chi connectivity index (χ1v) is 10.1. The molecule has 0 bridgehead atoms. The van der Waals surface area contributed by atoms with E-state index in [0.29, 0.717) is 11.0 Å². The minimum atomic E-state index is -0.646. The van der Waals surface area contributed by atoms with Crippen LogP contribution in [0.2, 0.25) is 0 Å². The molecule has 0 aliphatic rings. The first-order chi connectivity index (χ1) is 13.9. The third kappa shape index (κ3) is 3.98. The maximum atomic E-state index is 11.6. The van der Waals surface area contributed by atoms with E-state index in [0.717, 1.165) is 16.1 Å². The monoisotopic (exact) mass is 403 g/mol. The van der Waals surface area contributed by atoms with Gasteiger partial charge in [-0.1, -0.05) is 35.9 Å². The molecule has 29 heavy (non-hydrogen) atoms. The molecule has 4 aromatic rings. The highest BCUT2D eigenvalue weighted by molar-refractivity contribution is 8.00. The van der Waals surface area contributed by atoms with Crippen molar-refractivity contribution in [2.24, 2.45) is 0 Å². The van der Waals surface area contributed by atoms with Gasteiger partial charge in [-0.2, -0.15) is 0 Å². The van der Waals surface area contributed by atoms with Gasteiger partial charge in [0.25, 0.3) is 0 Å². The van der Waals surface area contributed by atoms with E-state index < -0.39 is 11.1 Å². The molecule has 0 atom stereocenters. The number of aryl methyl sites for hydroxylation is 3. The van der Waals surface area contributed by atoms with Crippen molar-refractivity contribution >= 4 is 28.7 Å². The van der Waals surface area contributed by atoms with Crippen molar-refractivity contribution in [3.63, 3.8) is 0 Å². The highest BCUT2D eigenvalue weighted by Crippen LogP contribution is 2.30. The Morgan fingerprint density at radius 3 is 2.07 bits per heavy atom. The average molecular weight is 404 g/mol. The fourth-order valence-electron chi connectivity index (χ4n) is 3.26. The van der Waals surface area contributed by atoms with E-state index in [1.165, 1.54) is 34.2 Å². The fraction of sp³-hybridized carbons (Fsp3) is 0.130. The number of fused-ring (bicyclic) bond motifs is 1. The molecule has 0 unspecified atom stereocenters. The van der Waals surface area contributed by atoms with Crippen LogP contribution in [0.4, 0.5) is 5.69 Å². The molecule has 0 saturated heterocycles. The Morgan fingerprint density at radius 1 is 0.759 bits per heavy atom. The highest BCUT2D eigenvalue weighted by atomic mass is 32.2. The summed E-state index contributed by atoms with van der Waals surface area (Å²) in [4.78, 5) is 29.3. The molecule has 0 saturated carbocycles. The maximum Gasteiger partial charge on any atom is 0.314 e. The Labute approximate surface area is 172 Å². The van der Waals surface area contributed by atoms with Gasteiger partial charge in [-0.25, -0.2) is 0 Å².